The van der Waals surface area contributed by atoms with Crippen LogP contribution in [-0.4, -0.2) is 48.5 Å². The van der Waals surface area contributed by atoms with Gasteiger partial charge in [0.25, 0.3) is 0 Å². The van der Waals surface area contributed by atoms with Gasteiger partial charge in [-0.25, -0.2) is 4.79 Å². The summed E-state index contributed by atoms with van der Waals surface area (Å²) in [4.78, 5) is 14.1. The molecule has 2 saturated heterocycles. The smallest absolute Gasteiger partial charge is 0.410 e. The highest BCUT2D eigenvalue weighted by atomic mass is 16.6. The highest BCUT2D eigenvalue weighted by Crippen LogP contribution is 2.43. The third kappa shape index (κ3) is 3.10. The zero-order valence-corrected chi connectivity index (χ0v) is 12.7. The third-order valence-electron chi connectivity index (χ3n) is 4.84. The maximum absolute atomic E-state index is 12.3. The van der Waals surface area contributed by atoms with E-state index in [0.717, 1.165) is 25.0 Å². The van der Waals surface area contributed by atoms with Gasteiger partial charge in [-0.2, -0.15) is 0 Å². The van der Waals surface area contributed by atoms with E-state index in [1.165, 1.54) is 0 Å². The number of piperidine rings is 1. The zero-order valence-electron chi connectivity index (χ0n) is 12.7. The van der Waals surface area contributed by atoms with Crippen LogP contribution in [-0.2, 0) is 16.1 Å². The lowest BCUT2D eigenvalue weighted by atomic mass is 9.74. The molecule has 0 aliphatic carbocycles. The van der Waals surface area contributed by atoms with Crippen molar-refractivity contribution in [3.8, 4) is 0 Å². The van der Waals surface area contributed by atoms with Crippen LogP contribution in [0.5, 0.6) is 0 Å². The summed E-state index contributed by atoms with van der Waals surface area (Å²) in [5.74, 6) is 0. The van der Waals surface area contributed by atoms with Gasteiger partial charge in [0, 0.05) is 31.7 Å². The molecule has 0 unspecified atom stereocenters. The lowest BCUT2D eigenvalue weighted by molar-refractivity contribution is -0.0282. The minimum atomic E-state index is -0.272. The lowest BCUT2D eigenvalue weighted by Gasteiger charge is -2.43. The first kappa shape index (κ1) is 15.3. The average molecular weight is 305 g/mol. The van der Waals surface area contributed by atoms with Crippen LogP contribution in [0.2, 0.25) is 0 Å². The van der Waals surface area contributed by atoms with Crippen molar-refractivity contribution in [1.29, 1.82) is 0 Å². The highest BCUT2D eigenvalue weighted by molar-refractivity contribution is 5.68. The number of fused-ring (bicyclic) bond motifs is 1. The Bertz CT molecular complexity index is 507. The Morgan fingerprint density at radius 1 is 1.41 bits per heavy atom. The van der Waals surface area contributed by atoms with E-state index in [2.05, 4.69) is 0 Å². The van der Waals surface area contributed by atoms with Crippen LogP contribution in [0.25, 0.3) is 0 Å². The lowest BCUT2D eigenvalue weighted by Crippen LogP contribution is -2.52. The molecule has 2 fully saturated rings. The topological polar surface area (TPSA) is 59.0 Å². The van der Waals surface area contributed by atoms with Crippen molar-refractivity contribution in [1.82, 2.24) is 4.90 Å². The van der Waals surface area contributed by atoms with Crippen molar-refractivity contribution < 1.29 is 19.4 Å². The summed E-state index contributed by atoms with van der Waals surface area (Å²) in [6.07, 6.45) is 2.30. The van der Waals surface area contributed by atoms with Crippen LogP contribution in [0.3, 0.4) is 0 Å². The monoisotopic (exact) mass is 305 g/mol. The Hall–Kier alpha value is -1.59. The minimum absolute atomic E-state index is 0.0984. The van der Waals surface area contributed by atoms with Gasteiger partial charge >= 0.3 is 6.09 Å². The SMILES string of the molecule is O=C(OCc1ccccc1)N1CC[C@@H]2OCC[C@]2(CCO)C1. The number of rotatable bonds is 4. The molecule has 0 spiro atoms. The predicted molar refractivity (Wildman–Crippen MR) is 81.3 cm³/mol. The number of hydrogen-bond acceptors (Lipinski definition) is 4. The van der Waals surface area contributed by atoms with Crippen molar-refractivity contribution in [2.45, 2.75) is 32.0 Å². The molecular weight excluding hydrogens is 282 g/mol. The molecule has 1 aromatic carbocycles. The fraction of sp³-hybridized carbons (Fsp3) is 0.588. The molecule has 2 aliphatic rings. The van der Waals surface area contributed by atoms with Crippen molar-refractivity contribution >= 4 is 6.09 Å². The van der Waals surface area contributed by atoms with Gasteiger partial charge in [0.2, 0.25) is 0 Å². The van der Waals surface area contributed by atoms with Crippen LogP contribution < -0.4 is 0 Å². The molecule has 5 heteroatoms. The van der Waals surface area contributed by atoms with Crippen LogP contribution in [0, 0.1) is 5.41 Å². The van der Waals surface area contributed by atoms with Crippen molar-refractivity contribution in [3.63, 3.8) is 0 Å². The quantitative estimate of drug-likeness (QED) is 0.926. The van der Waals surface area contributed by atoms with E-state index in [9.17, 15) is 9.90 Å². The Morgan fingerprint density at radius 2 is 2.23 bits per heavy atom. The molecular formula is C17H23NO4. The molecule has 120 valence electrons. The molecule has 0 bridgehead atoms. The van der Waals surface area contributed by atoms with E-state index < -0.39 is 0 Å². The molecule has 2 heterocycles. The second kappa shape index (κ2) is 6.67. The first-order valence-corrected chi connectivity index (χ1v) is 7.92. The van der Waals surface area contributed by atoms with E-state index in [1.807, 2.05) is 30.3 Å². The number of aliphatic hydroxyl groups excluding tert-OH is 1. The highest BCUT2D eigenvalue weighted by Gasteiger charge is 2.48. The average Bonchev–Trinajstić information content (AvgIpc) is 2.96. The Morgan fingerprint density at radius 3 is 3.00 bits per heavy atom. The van der Waals surface area contributed by atoms with Crippen molar-refractivity contribution in [2.75, 3.05) is 26.3 Å². The number of aliphatic hydroxyl groups is 1. The van der Waals surface area contributed by atoms with Gasteiger partial charge in [-0.05, 0) is 24.8 Å². The van der Waals surface area contributed by atoms with Crippen molar-refractivity contribution in [3.05, 3.63) is 35.9 Å². The molecule has 1 amide bonds. The normalized spacial score (nSPS) is 27.5. The van der Waals surface area contributed by atoms with Crippen LogP contribution in [0.15, 0.2) is 30.3 Å². The summed E-state index contributed by atoms with van der Waals surface area (Å²) in [6, 6.07) is 9.69. The fourth-order valence-electron chi connectivity index (χ4n) is 3.60. The van der Waals surface area contributed by atoms with Gasteiger partial charge in [-0.15, -0.1) is 0 Å². The Kier molecular flexibility index (Phi) is 4.64. The van der Waals surface area contributed by atoms with Gasteiger partial charge in [-0.1, -0.05) is 30.3 Å². The van der Waals surface area contributed by atoms with Crippen LogP contribution in [0.1, 0.15) is 24.8 Å². The standard InChI is InChI=1S/C17H23NO4/c19-10-7-17-8-11-21-15(17)6-9-18(13-17)16(20)22-12-14-4-2-1-3-5-14/h1-5,15,19H,6-13H2/t15-,17+/m0/s1. The van der Waals surface area contributed by atoms with Gasteiger partial charge in [-0.3, -0.25) is 0 Å². The van der Waals surface area contributed by atoms with E-state index in [0.29, 0.717) is 26.1 Å². The molecule has 2 atom stereocenters. The van der Waals surface area contributed by atoms with Crippen LogP contribution >= 0.6 is 0 Å². The maximum atomic E-state index is 12.3. The van der Waals surface area contributed by atoms with E-state index >= 15 is 0 Å². The number of amides is 1. The molecule has 0 saturated carbocycles. The number of likely N-dealkylation sites (tertiary alicyclic amines) is 1. The first-order valence-electron chi connectivity index (χ1n) is 7.92. The minimum Gasteiger partial charge on any atom is -0.445 e. The number of hydrogen-bond donors (Lipinski definition) is 1. The summed E-state index contributed by atoms with van der Waals surface area (Å²) in [7, 11) is 0. The van der Waals surface area contributed by atoms with Gasteiger partial charge in [0.1, 0.15) is 6.61 Å². The molecule has 5 nitrogen and oxygen atoms in total. The summed E-state index contributed by atoms with van der Waals surface area (Å²) >= 11 is 0. The third-order valence-corrected chi connectivity index (χ3v) is 4.84. The summed E-state index contributed by atoms with van der Waals surface area (Å²) in [5.41, 5.74) is 0.888. The summed E-state index contributed by atoms with van der Waals surface area (Å²) < 4.78 is 11.2. The molecule has 1 aromatic rings. The van der Waals surface area contributed by atoms with Crippen LogP contribution in [0.4, 0.5) is 4.79 Å². The molecule has 0 radical (unpaired) electrons. The van der Waals surface area contributed by atoms with Crippen molar-refractivity contribution in [2.24, 2.45) is 5.41 Å². The Balaban J connectivity index is 1.59. The second-order valence-corrected chi connectivity index (χ2v) is 6.20. The number of ether oxygens (including phenoxy) is 2. The molecule has 3 rings (SSSR count). The number of benzene rings is 1. The number of carbonyl (C=O) groups excluding carboxylic acids is 1. The summed E-state index contributed by atoms with van der Waals surface area (Å²) in [6.45, 7) is 2.42. The molecule has 2 aliphatic heterocycles. The van der Waals surface area contributed by atoms with E-state index in [-0.39, 0.29) is 24.2 Å². The molecule has 1 N–H and O–H groups in total. The first-order chi connectivity index (χ1) is 10.7. The zero-order chi connectivity index (χ0) is 15.4. The predicted octanol–water partition coefficient (Wildman–Crippen LogP) is 2.19. The largest absolute Gasteiger partial charge is 0.445 e. The van der Waals surface area contributed by atoms with E-state index in [1.54, 1.807) is 4.90 Å². The second-order valence-electron chi connectivity index (χ2n) is 6.20. The van der Waals surface area contributed by atoms with Gasteiger partial charge in [0.15, 0.2) is 0 Å². The van der Waals surface area contributed by atoms with Gasteiger partial charge < -0.3 is 19.5 Å². The van der Waals surface area contributed by atoms with Gasteiger partial charge in [0.05, 0.1) is 6.10 Å². The maximum Gasteiger partial charge on any atom is 0.410 e. The summed E-state index contributed by atoms with van der Waals surface area (Å²) in [5, 5.41) is 9.35. The number of carbonyl (C=O) groups is 1. The van der Waals surface area contributed by atoms with E-state index in [4.69, 9.17) is 9.47 Å². The Labute approximate surface area is 130 Å². The fourth-order valence-corrected chi connectivity index (χ4v) is 3.60. The molecule has 0 aromatic heterocycles. The molecule has 22 heavy (non-hydrogen) atoms. The number of nitrogens with zero attached hydrogens (tertiary/aromatic N) is 1.